The van der Waals surface area contributed by atoms with Crippen molar-refractivity contribution in [1.29, 1.82) is 0 Å². The molecule has 2 N–H and O–H groups in total. The second-order valence-electron chi connectivity index (χ2n) is 4.60. The van der Waals surface area contributed by atoms with Gasteiger partial charge < -0.3 is 10.5 Å². The summed E-state index contributed by atoms with van der Waals surface area (Å²) in [5.41, 5.74) is 8.29. The molecule has 94 valence electrons. The molecule has 0 saturated carbocycles. The normalized spacial score (nSPS) is 13.5. The van der Waals surface area contributed by atoms with Crippen LogP contribution in [-0.2, 0) is 12.8 Å². The first kappa shape index (κ1) is 13.1. The third kappa shape index (κ3) is 3.58. The van der Waals surface area contributed by atoms with Crippen molar-refractivity contribution in [3.8, 4) is 5.75 Å². The monoisotopic (exact) mass is 345 g/mol. The second-order valence-corrected chi connectivity index (χ2v) is 5.85. The van der Waals surface area contributed by atoms with Crippen LogP contribution >= 0.6 is 22.6 Å². The van der Waals surface area contributed by atoms with Gasteiger partial charge in [-0.1, -0.05) is 12.8 Å². The average Bonchev–Trinajstić information content (AvgIpc) is 2.76. The number of benzene rings is 1. The van der Waals surface area contributed by atoms with Gasteiger partial charge in [0.05, 0.1) is 6.61 Å². The number of rotatable bonds is 6. The first-order valence-electron chi connectivity index (χ1n) is 6.45. The van der Waals surface area contributed by atoms with E-state index < -0.39 is 0 Å². The van der Waals surface area contributed by atoms with Crippen molar-refractivity contribution in [3.63, 3.8) is 0 Å². The zero-order valence-corrected chi connectivity index (χ0v) is 12.3. The molecule has 0 fully saturated rings. The SMILES string of the molecule is NCCCCCCc1cc(I)cc2c1OCC2. The van der Waals surface area contributed by atoms with Crippen molar-refractivity contribution in [2.45, 2.75) is 38.5 Å². The zero-order chi connectivity index (χ0) is 12.1. The number of aryl methyl sites for hydroxylation is 1. The molecule has 0 bridgehead atoms. The van der Waals surface area contributed by atoms with Gasteiger partial charge in [-0.15, -0.1) is 0 Å². The van der Waals surface area contributed by atoms with E-state index in [9.17, 15) is 0 Å². The molecule has 0 radical (unpaired) electrons. The Morgan fingerprint density at radius 1 is 1.18 bits per heavy atom. The highest BCUT2D eigenvalue weighted by molar-refractivity contribution is 14.1. The van der Waals surface area contributed by atoms with E-state index in [-0.39, 0.29) is 0 Å². The molecule has 2 rings (SSSR count). The van der Waals surface area contributed by atoms with Gasteiger partial charge in [0.15, 0.2) is 0 Å². The molecule has 1 aliphatic heterocycles. The van der Waals surface area contributed by atoms with Crippen LogP contribution in [0.2, 0.25) is 0 Å². The summed E-state index contributed by atoms with van der Waals surface area (Å²) in [6, 6.07) is 4.52. The van der Waals surface area contributed by atoms with Crippen molar-refractivity contribution in [1.82, 2.24) is 0 Å². The number of nitrogens with two attached hydrogens (primary N) is 1. The molecule has 0 saturated heterocycles. The molecule has 1 aromatic carbocycles. The maximum absolute atomic E-state index is 5.74. The second kappa shape index (κ2) is 6.59. The minimum Gasteiger partial charge on any atom is -0.493 e. The summed E-state index contributed by atoms with van der Waals surface area (Å²) in [6.45, 7) is 1.68. The maximum Gasteiger partial charge on any atom is 0.125 e. The van der Waals surface area contributed by atoms with Gasteiger partial charge in [-0.25, -0.2) is 0 Å². The van der Waals surface area contributed by atoms with E-state index >= 15 is 0 Å². The van der Waals surface area contributed by atoms with Gasteiger partial charge in [0.25, 0.3) is 0 Å². The Morgan fingerprint density at radius 3 is 2.82 bits per heavy atom. The fourth-order valence-electron chi connectivity index (χ4n) is 2.35. The van der Waals surface area contributed by atoms with E-state index in [1.807, 2.05) is 0 Å². The Morgan fingerprint density at radius 2 is 2.00 bits per heavy atom. The van der Waals surface area contributed by atoms with Gasteiger partial charge in [0, 0.05) is 9.99 Å². The number of unbranched alkanes of at least 4 members (excludes halogenated alkanes) is 3. The molecule has 3 heteroatoms. The van der Waals surface area contributed by atoms with E-state index in [2.05, 4.69) is 34.7 Å². The van der Waals surface area contributed by atoms with Crippen molar-refractivity contribution >= 4 is 22.6 Å². The lowest BCUT2D eigenvalue weighted by Gasteiger charge is -2.09. The number of fused-ring (bicyclic) bond motifs is 1. The van der Waals surface area contributed by atoms with Crippen molar-refractivity contribution in [3.05, 3.63) is 26.8 Å². The Balaban J connectivity index is 1.92. The third-order valence-electron chi connectivity index (χ3n) is 3.23. The quantitative estimate of drug-likeness (QED) is 0.634. The molecular weight excluding hydrogens is 325 g/mol. The number of halogens is 1. The largest absolute Gasteiger partial charge is 0.493 e. The van der Waals surface area contributed by atoms with Crippen LogP contribution in [-0.4, -0.2) is 13.2 Å². The van der Waals surface area contributed by atoms with Gasteiger partial charge in [0.1, 0.15) is 5.75 Å². The Labute approximate surface area is 117 Å². The van der Waals surface area contributed by atoms with Crippen LogP contribution in [0.5, 0.6) is 5.75 Å². The molecule has 1 aromatic rings. The maximum atomic E-state index is 5.74. The third-order valence-corrected chi connectivity index (χ3v) is 3.85. The van der Waals surface area contributed by atoms with Gasteiger partial charge >= 0.3 is 0 Å². The summed E-state index contributed by atoms with van der Waals surface area (Å²) in [7, 11) is 0. The molecule has 0 atom stereocenters. The van der Waals surface area contributed by atoms with Crippen LogP contribution in [0.15, 0.2) is 12.1 Å². The minimum absolute atomic E-state index is 0.821. The molecule has 17 heavy (non-hydrogen) atoms. The molecule has 0 aromatic heterocycles. The van der Waals surface area contributed by atoms with Crippen LogP contribution in [0.3, 0.4) is 0 Å². The molecule has 0 spiro atoms. The Bertz CT molecular complexity index is 379. The molecule has 2 nitrogen and oxygen atoms in total. The first-order valence-corrected chi connectivity index (χ1v) is 7.53. The average molecular weight is 345 g/mol. The van der Waals surface area contributed by atoms with E-state index in [1.54, 1.807) is 0 Å². The van der Waals surface area contributed by atoms with E-state index in [0.29, 0.717) is 0 Å². The Hall–Kier alpha value is -0.290. The summed E-state index contributed by atoms with van der Waals surface area (Å²) in [4.78, 5) is 0. The predicted molar refractivity (Wildman–Crippen MR) is 79.6 cm³/mol. The smallest absolute Gasteiger partial charge is 0.125 e. The summed E-state index contributed by atoms with van der Waals surface area (Å²) in [5, 5.41) is 0. The van der Waals surface area contributed by atoms with E-state index in [4.69, 9.17) is 10.5 Å². The van der Waals surface area contributed by atoms with Crippen LogP contribution in [0.1, 0.15) is 36.8 Å². The lowest BCUT2D eigenvalue weighted by atomic mass is 10.0. The standard InChI is InChI=1S/C14H20INO/c15-13-9-11(5-3-1-2-4-7-16)14-12(10-13)6-8-17-14/h9-10H,1-8,16H2. The lowest BCUT2D eigenvalue weighted by Crippen LogP contribution is -1.98. The molecule has 1 aliphatic rings. The van der Waals surface area contributed by atoms with Crippen molar-refractivity contribution in [2.75, 3.05) is 13.2 Å². The summed E-state index contributed by atoms with van der Waals surface area (Å²) in [5.74, 6) is 1.17. The van der Waals surface area contributed by atoms with Crippen LogP contribution < -0.4 is 10.5 Å². The predicted octanol–water partition coefficient (Wildman–Crippen LogP) is 3.29. The number of hydrogen-bond acceptors (Lipinski definition) is 2. The molecule has 0 aliphatic carbocycles. The number of hydrogen-bond donors (Lipinski definition) is 1. The highest BCUT2D eigenvalue weighted by Gasteiger charge is 2.16. The highest BCUT2D eigenvalue weighted by atomic mass is 127. The molecule has 1 heterocycles. The fourth-order valence-corrected chi connectivity index (χ4v) is 3.10. The van der Waals surface area contributed by atoms with Crippen LogP contribution in [0, 0.1) is 3.57 Å². The molecule has 0 unspecified atom stereocenters. The summed E-state index contributed by atoms with van der Waals surface area (Å²) in [6.07, 6.45) is 7.15. The fraction of sp³-hybridized carbons (Fsp3) is 0.571. The van der Waals surface area contributed by atoms with Gasteiger partial charge in [-0.2, -0.15) is 0 Å². The molecule has 0 amide bonds. The summed E-state index contributed by atoms with van der Waals surface area (Å²) < 4.78 is 7.08. The lowest BCUT2D eigenvalue weighted by molar-refractivity contribution is 0.353. The van der Waals surface area contributed by atoms with E-state index in [0.717, 1.165) is 32.4 Å². The van der Waals surface area contributed by atoms with Gasteiger partial charge in [-0.05, 0) is 71.7 Å². The molecular formula is C14H20INO. The van der Waals surface area contributed by atoms with Gasteiger partial charge in [0.2, 0.25) is 0 Å². The van der Waals surface area contributed by atoms with E-state index in [1.165, 1.54) is 39.7 Å². The number of ether oxygens (including phenoxy) is 1. The zero-order valence-electron chi connectivity index (χ0n) is 10.2. The first-order chi connectivity index (χ1) is 8.31. The van der Waals surface area contributed by atoms with Gasteiger partial charge in [-0.3, -0.25) is 0 Å². The van der Waals surface area contributed by atoms with Crippen LogP contribution in [0.25, 0.3) is 0 Å². The minimum atomic E-state index is 0.821. The van der Waals surface area contributed by atoms with Crippen molar-refractivity contribution < 1.29 is 4.74 Å². The van der Waals surface area contributed by atoms with Crippen LogP contribution in [0.4, 0.5) is 0 Å². The topological polar surface area (TPSA) is 35.2 Å². The highest BCUT2D eigenvalue weighted by Crippen LogP contribution is 2.32. The van der Waals surface area contributed by atoms with Crippen molar-refractivity contribution in [2.24, 2.45) is 5.73 Å². The summed E-state index contributed by atoms with van der Waals surface area (Å²) >= 11 is 2.40. The Kier molecular flexibility index (Phi) is 5.10.